The molecule has 0 spiro atoms. The molecule has 4 nitrogen and oxygen atoms in total. The molecule has 0 amide bonds. The van der Waals surface area contributed by atoms with E-state index in [4.69, 9.17) is 0 Å². The zero-order chi connectivity index (χ0) is 13.1. The number of methoxy groups -OCH3 is 1. The molecular weight excluding hydrogens is 228 g/mol. The number of aromatic nitrogens is 1. The van der Waals surface area contributed by atoms with E-state index in [9.17, 15) is 4.79 Å². The number of pyridine rings is 1. The van der Waals surface area contributed by atoms with E-state index in [0.29, 0.717) is 11.6 Å². The summed E-state index contributed by atoms with van der Waals surface area (Å²) in [5.74, 6) is 0.423. The molecule has 1 aliphatic heterocycles. The van der Waals surface area contributed by atoms with Crippen LogP contribution in [0.2, 0.25) is 0 Å². The highest BCUT2D eigenvalue weighted by atomic mass is 16.5. The van der Waals surface area contributed by atoms with Crippen molar-refractivity contribution in [2.75, 3.05) is 13.7 Å². The summed E-state index contributed by atoms with van der Waals surface area (Å²) in [5.41, 5.74) is 1.51. The van der Waals surface area contributed by atoms with E-state index in [0.717, 1.165) is 24.7 Å². The molecule has 1 fully saturated rings. The van der Waals surface area contributed by atoms with Crippen LogP contribution in [0.4, 0.5) is 0 Å². The average molecular weight is 248 g/mol. The Morgan fingerprint density at radius 3 is 2.78 bits per heavy atom. The van der Waals surface area contributed by atoms with Crippen LogP contribution in [0, 0.1) is 5.92 Å². The van der Waals surface area contributed by atoms with Crippen LogP contribution >= 0.6 is 0 Å². The fraction of sp³-hybridized carbons (Fsp3) is 0.571. The fourth-order valence-corrected chi connectivity index (χ4v) is 2.57. The lowest BCUT2D eigenvalue weighted by Crippen LogP contribution is -2.27. The van der Waals surface area contributed by atoms with Gasteiger partial charge in [0, 0.05) is 25.3 Å². The maximum Gasteiger partial charge on any atom is 0.339 e. The van der Waals surface area contributed by atoms with Gasteiger partial charge in [-0.15, -0.1) is 0 Å². The Morgan fingerprint density at radius 2 is 2.28 bits per heavy atom. The van der Waals surface area contributed by atoms with Crippen molar-refractivity contribution in [2.45, 2.75) is 32.9 Å². The minimum Gasteiger partial charge on any atom is -0.465 e. The highest BCUT2D eigenvalue weighted by molar-refractivity contribution is 5.88. The zero-order valence-electron chi connectivity index (χ0n) is 11.2. The summed E-state index contributed by atoms with van der Waals surface area (Å²) in [6, 6.07) is 4.29. The van der Waals surface area contributed by atoms with Crippen molar-refractivity contribution < 1.29 is 9.53 Å². The number of nitrogens with zero attached hydrogens (tertiary/aromatic N) is 2. The molecule has 2 rings (SSSR count). The van der Waals surface area contributed by atoms with Gasteiger partial charge in [-0.05, 0) is 31.4 Å². The minimum atomic E-state index is -0.336. The van der Waals surface area contributed by atoms with Crippen molar-refractivity contribution in [3.8, 4) is 0 Å². The Balaban J connectivity index is 2.00. The molecule has 0 aromatic carbocycles. The topological polar surface area (TPSA) is 42.4 Å². The van der Waals surface area contributed by atoms with Gasteiger partial charge in [0.25, 0.3) is 0 Å². The number of carbonyl (C=O) groups is 1. The van der Waals surface area contributed by atoms with Crippen molar-refractivity contribution in [1.82, 2.24) is 9.88 Å². The van der Waals surface area contributed by atoms with Gasteiger partial charge in [0.1, 0.15) is 0 Å². The monoisotopic (exact) mass is 248 g/mol. The van der Waals surface area contributed by atoms with Crippen LogP contribution < -0.4 is 0 Å². The fourth-order valence-electron chi connectivity index (χ4n) is 2.57. The normalized spacial score (nSPS) is 24.2. The van der Waals surface area contributed by atoms with Gasteiger partial charge in [0.05, 0.1) is 18.4 Å². The molecule has 98 valence electrons. The Bertz CT molecular complexity index is 416. The molecule has 2 unspecified atom stereocenters. The number of likely N-dealkylation sites (tertiary alicyclic amines) is 1. The van der Waals surface area contributed by atoms with Crippen LogP contribution in [0.25, 0.3) is 0 Å². The molecule has 2 atom stereocenters. The van der Waals surface area contributed by atoms with Gasteiger partial charge in [0.15, 0.2) is 0 Å². The predicted molar refractivity (Wildman–Crippen MR) is 69.2 cm³/mol. The van der Waals surface area contributed by atoms with Crippen LogP contribution in [0.1, 0.15) is 36.3 Å². The van der Waals surface area contributed by atoms with Crippen LogP contribution in [-0.4, -0.2) is 35.5 Å². The highest BCUT2D eigenvalue weighted by Crippen LogP contribution is 2.23. The van der Waals surface area contributed by atoms with Gasteiger partial charge in [-0.2, -0.15) is 0 Å². The third kappa shape index (κ3) is 2.88. The van der Waals surface area contributed by atoms with Gasteiger partial charge < -0.3 is 4.74 Å². The van der Waals surface area contributed by atoms with Gasteiger partial charge >= 0.3 is 5.97 Å². The van der Waals surface area contributed by atoms with E-state index >= 15 is 0 Å². The molecule has 18 heavy (non-hydrogen) atoms. The first-order valence-corrected chi connectivity index (χ1v) is 6.37. The lowest BCUT2D eigenvalue weighted by Gasteiger charge is -2.20. The molecule has 0 aliphatic carbocycles. The Morgan fingerprint density at radius 1 is 1.50 bits per heavy atom. The van der Waals surface area contributed by atoms with Gasteiger partial charge in [-0.1, -0.05) is 6.92 Å². The van der Waals surface area contributed by atoms with Crippen molar-refractivity contribution in [2.24, 2.45) is 5.92 Å². The molecule has 4 heteroatoms. The summed E-state index contributed by atoms with van der Waals surface area (Å²) in [6.07, 6.45) is 2.84. The second-order valence-electron chi connectivity index (χ2n) is 5.15. The number of esters is 1. The Hall–Kier alpha value is -1.42. The zero-order valence-corrected chi connectivity index (χ0v) is 11.2. The quantitative estimate of drug-likeness (QED) is 0.768. The maximum absolute atomic E-state index is 11.3. The van der Waals surface area contributed by atoms with E-state index in [1.807, 2.05) is 6.07 Å². The van der Waals surface area contributed by atoms with Crippen molar-refractivity contribution in [3.63, 3.8) is 0 Å². The summed E-state index contributed by atoms with van der Waals surface area (Å²) in [4.78, 5) is 18.1. The number of hydrogen-bond acceptors (Lipinski definition) is 4. The summed E-state index contributed by atoms with van der Waals surface area (Å²) in [5, 5.41) is 0. The lowest BCUT2D eigenvalue weighted by molar-refractivity contribution is 0.0600. The first-order valence-electron chi connectivity index (χ1n) is 6.37. The van der Waals surface area contributed by atoms with Crippen LogP contribution in [0.3, 0.4) is 0 Å². The van der Waals surface area contributed by atoms with Gasteiger partial charge in [-0.3, -0.25) is 9.88 Å². The molecule has 2 heterocycles. The van der Waals surface area contributed by atoms with Crippen molar-refractivity contribution >= 4 is 5.97 Å². The first kappa shape index (κ1) is 13.0. The average Bonchev–Trinajstić information content (AvgIpc) is 2.68. The molecule has 0 radical (unpaired) electrons. The first-order chi connectivity index (χ1) is 8.60. The van der Waals surface area contributed by atoms with E-state index in [2.05, 4.69) is 28.5 Å². The molecule has 0 bridgehead atoms. The number of hydrogen-bond donors (Lipinski definition) is 0. The van der Waals surface area contributed by atoms with E-state index in [1.165, 1.54) is 13.5 Å². The van der Waals surface area contributed by atoms with Crippen molar-refractivity contribution in [3.05, 3.63) is 29.6 Å². The third-order valence-electron chi connectivity index (χ3n) is 3.52. The minimum absolute atomic E-state index is 0.336. The SMILES string of the molecule is COC(=O)c1ccc(CN2CC(C)CC2C)nc1. The highest BCUT2D eigenvalue weighted by Gasteiger charge is 2.26. The maximum atomic E-state index is 11.3. The molecule has 0 saturated carbocycles. The summed E-state index contributed by atoms with van der Waals surface area (Å²) < 4.78 is 4.65. The molecule has 1 aliphatic rings. The Kier molecular flexibility index (Phi) is 3.97. The molecule has 1 aromatic heterocycles. The van der Waals surface area contributed by atoms with Crippen LogP contribution in [0.15, 0.2) is 18.3 Å². The van der Waals surface area contributed by atoms with Crippen molar-refractivity contribution in [1.29, 1.82) is 0 Å². The second kappa shape index (κ2) is 5.48. The Labute approximate surface area is 108 Å². The summed E-state index contributed by atoms with van der Waals surface area (Å²) in [7, 11) is 1.38. The number of rotatable bonds is 3. The van der Waals surface area contributed by atoms with E-state index in [-0.39, 0.29) is 5.97 Å². The molecule has 1 aromatic rings. The van der Waals surface area contributed by atoms with Gasteiger partial charge in [0.2, 0.25) is 0 Å². The summed E-state index contributed by atoms with van der Waals surface area (Å²) >= 11 is 0. The van der Waals surface area contributed by atoms with Crippen LogP contribution in [0.5, 0.6) is 0 Å². The van der Waals surface area contributed by atoms with E-state index in [1.54, 1.807) is 12.3 Å². The molecular formula is C14H20N2O2. The standard InChI is InChI=1S/C14H20N2O2/c1-10-6-11(2)16(8-10)9-13-5-4-12(7-15-13)14(17)18-3/h4-5,7,10-11H,6,8-9H2,1-3H3. The summed E-state index contributed by atoms with van der Waals surface area (Å²) in [6.45, 7) is 6.52. The van der Waals surface area contributed by atoms with Gasteiger partial charge in [-0.25, -0.2) is 4.79 Å². The third-order valence-corrected chi connectivity index (χ3v) is 3.52. The van der Waals surface area contributed by atoms with E-state index < -0.39 is 0 Å². The lowest BCUT2D eigenvalue weighted by atomic mass is 10.1. The molecule has 1 saturated heterocycles. The number of ether oxygens (including phenoxy) is 1. The number of carbonyl (C=O) groups excluding carboxylic acids is 1. The largest absolute Gasteiger partial charge is 0.465 e. The van der Waals surface area contributed by atoms with Crippen LogP contribution in [-0.2, 0) is 11.3 Å². The molecule has 0 N–H and O–H groups in total. The smallest absolute Gasteiger partial charge is 0.339 e. The second-order valence-corrected chi connectivity index (χ2v) is 5.15. The predicted octanol–water partition coefficient (Wildman–Crippen LogP) is 2.10.